The third kappa shape index (κ3) is 4.46. The molecule has 4 N–H and O–H groups in total. The molecule has 2 aromatic rings. The number of guanidine groups is 1. The summed E-state index contributed by atoms with van der Waals surface area (Å²) in [6, 6.07) is 10.4. The van der Waals surface area contributed by atoms with Crippen LogP contribution in [0.5, 0.6) is 11.5 Å². The Morgan fingerprint density at radius 1 is 1.33 bits per heavy atom. The van der Waals surface area contributed by atoms with Gasteiger partial charge in [-0.1, -0.05) is 41.4 Å². The number of rotatable bonds is 5. The first kappa shape index (κ1) is 18.2. The van der Waals surface area contributed by atoms with E-state index in [1.807, 2.05) is 13.0 Å². The number of nitrogens with two attached hydrogens (primary N) is 1. The van der Waals surface area contributed by atoms with Crippen molar-refractivity contribution in [2.45, 2.75) is 19.5 Å². The van der Waals surface area contributed by atoms with E-state index in [1.54, 1.807) is 30.3 Å². The van der Waals surface area contributed by atoms with Crippen molar-refractivity contribution in [3.8, 4) is 11.5 Å². The topological polar surface area (TPSA) is 79.9 Å². The summed E-state index contributed by atoms with van der Waals surface area (Å²) in [4.78, 5) is 4.24. The van der Waals surface area contributed by atoms with Gasteiger partial charge in [-0.15, -0.1) is 0 Å². The van der Waals surface area contributed by atoms with Gasteiger partial charge in [0.15, 0.2) is 17.5 Å². The molecule has 0 aliphatic carbocycles. The highest BCUT2D eigenvalue weighted by atomic mass is 35.5. The molecule has 24 heavy (non-hydrogen) atoms. The summed E-state index contributed by atoms with van der Waals surface area (Å²) >= 11 is 12.1. The molecule has 128 valence electrons. The van der Waals surface area contributed by atoms with Gasteiger partial charge in [0.2, 0.25) is 0 Å². The van der Waals surface area contributed by atoms with Gasteiger partial charge < -0.3 is 20.9 Å². The van der Waals surface area contributed by atoms with Gasteiger partial charge in [0.05, 0.1) is 19.7 Å². The number of nitrogens with zero attached hydrogens (tertiary/aromatic N) is 1. The van der Waals surface area contributed by atoms with Crippen LogP contribution in [0.25, 0.3) is 0 Å². The lowest BCUT2D eigenvalue weighted by Gasteiger charge is -2.16. The maximum Gasteiger partial charge on any atom is 0.189 e. The summed E-state index contributed by atoms with van der Waals surface area (Å²) in [5, 5.41) is 14.2. The second-order valence-electron chi connectivity index (χ2n) is 5.20. The van der Waals surface area contributed by atoms with Crippen LogP contribution in [0.3, 0.4) is 0 Å². The zero-order valence-electron chi connectivity index (χ0n) is 13.4. The Labute approximate surface area is 151 Å². The van der Waals surface area contributed by atoms with Crippen molar-refractivity contribution < 1.29 is 9.84 Å². The third-order valence-corrected chi connectivity index (χ3v) is 4.08. The van der Waals surface area contributed by atoms with Gasteiger partial charge in [-0.2, -0.15) is 0 Å². The molecule has 1 atom stereocenters. The molecule has 0 aromatic heterocycles. The van der Waals surface area contributed by atoms with E-state index in [0.717, 1.165) is 5.56 Å². The molecule has 0 bridgehead atoms. The molecule has 2 rings (SSSR count). The van der Waals surface area contributed by atoms with Gasteiger partial charge in [0.1, 0.15) is 0 Å². The molecule has 5 nitrogen and oxygen atoms in total. The van der Waals surface area contributed by atoms with Crippen molar-refractivity contribution in [3.63, 3.8) is 0 Å². The molecule has 2 aromatic carbocycles. The molecule has 0 amide bonds. The maximum atomic E-state index is 10.0. The van der Waals surface area contributed by atoms with Crippen molar-refractivity contribution in [2.24, 2.45) is 10.7 Å². The Morgan fingerprint density at radius 3 is 2.75 bits per heavy atom. The number of hydrogen-bond donors (Lipinski definition) is 3. The number of phenols is 1. The van der Waals surface area contributed by atoms with E-state index in [-0.39, 0.29) is 24.3 Å². The molecule has 0 saturated carbocycles. The minimum Gasteiger partial charge on any atom is -0.504 e. The van der Waals surface area contributed by atoms with Crippen LogP contribution in [0.1, 0.15) is 24.1 Å². The monoisotopic (exact) mass is 367 g/mol. The van der Waals surface area contributed by atoms with E-state index < -0.39 is 0 Å². The first-order valence-electron chi connectivity index (χ1n) is 7.28. The quantitative estimate of drug-likeness (QED) is 0.553. The zero-order valence-corrected chi connectivity index (χ0v) is 14.9. The van der Waals surface area contributed by atoms with Crippen LogP contribution >= 0.6 is 23.2 Å². The molecule has 0 radical (unpaired) electrons. The van der Waals surface area contributed by atoms with Crippen LogP contribution in [0.2, 0.25) is 10.0 Å². The van der Waals surface area contributed by atoms with E-state index in [4.69, 9.17) is 33.7 Å². The Balaban J connectivity index is 2.06. The number of halogens is 2. The third-order valence-electron chi connectivity index (χ3n) is 3.52. The number of nitrogens with one attached hydrogen (secondary N) is 1. The number of para-hydroxylation sites is 1. The summed E-state index contributed by atoms with van der Waals surface area (Å²) in [5.74, 6) is 0.705. The van der Waals surface area contributed by atoms with Crippen molar-refractivity contribution in [1.82, 2.24) is 5.32 Å². The number of methoxy groups -OCH3 is 1. The first-order valence-corrected chi connectivity index (χ1v) is 8.04. The predicted octanol–water partition coefficient (Wildman–Crippen LogP) is 3.87. The largest absolute Gasteiger partial charge is 0.504 e. The summed E-state index contributed by atoms with van der Waals surface area (Å²) in [6.07, 6.45) is 0. The van der Waals surface area contributed by atoms with Crippen molar-refractivity contribution in [3.05, 3.63) is 57.6 Å². The van der Waals surface area contributed by atoms with Gasteiger partial charge in [-0.3, -0.25) is 0 Å². The van der Waals surface area contributed by atoms with Crippen LogP contribution in [-0.4, -0.2) is 18.2 Å². The molecule has 0 saturated heterocycles. The highest BCUT2D eigenvalue weighted by molar-refractivity contribution is 6.35. The molecule has 7 heteroatoms. The number of aliphatic imine (C=N–C) groups is 1. The second kappa shape index (κ2) is 8.13. The standard InChI is InChI=1S/C17H19Cl2N3O2/c1-10(13-7-6-12(18)8-14(13)19)22-17(20)21-9-11-4-3-5-15(24-2)16(11)23/h3-8,10,23H,9H2,1-2H3,(H3,20,21,22). The van der Waals surface area contributed by atoms with E-state index >= 15 is 0 Å². The molecule has 0 fully saturated rings. The van der Waals surface area contributed by atoms with Gasteiger partial charge in [0, 0.05) is 15.6 Å². The normalized spacial score (nSPS) is 12.8. The maximum absolute atomic E-state index is 10.0. The Hall–Kier alpha value is -2.11. The summed E-state index contributed by atoms with van der Waals surface area (Å²) < 4.78 is 5.07. The average molecular weight is 368 g/mol. The fourth-order valence-electron chi connectivity index (χ4n) is 2.23. The number of benzene rings is 2. The lowest BCUT2D eigenvalue weighted by Crippen LogP contribution is -2.34. The number of hydrogen-bond acceptors (Lipinski definition) is 3. The molecule has 1 unspecified atom stereocenters. The van der Waals surface area contributed by atoms with Crippen LogP contribution in [0, 0.1) is 0 Å². The van der Waals surface area contributed by atoms with Gasteiger partial charge in [-0.25, -0.2) is 4.99 Å². The van der Waals surface area contributed by atoms with Crippen LogP contribution in [0.4, 0.5) is 0 Å². The van der Waals surface area contributed by atoms with Gasteiger partial charge in [-0.05, 0) is 30.7 Å². The van der Waals surface area contributed by atoms with E-state index in [0.29, 0.717) is 21.4 Å². The number of ether oxygens (including phenoxy) is 1. The van der Waals surface area contributed by atoms with E-state index in [9.17, 15) is 5.11 Å². The lowest BCUT2D eigenvalue weighted by atomic mass is 10.1. The van der Waals surface area contributed by atoms with Crippen molar-refractivity contribution in [1.29, 1.82) is 0 Å². The SMILES string of the molecule is COc1cccc(CN=C(N)NC(C)c2ccc(Cl)cc2Cl)c1O. The molecule has 0 aliphatic heterocycles. The molecule has 0 spiro atoms. The summed E-state index contributed by atoms with van der Waals surface area (Å²) in [7, 11) is 1.50. The fourth-order valence-corrected chi connectivity index (χ4v) is 2.80. The van der Waals surface area contributed by atoms with Crippen LogP contribution in [-0.2, 0) is 6.54 Å². The molecular weight excluding hydrogens is 349 g/mol. The Kier molecular flexibility index (Phi) is 6.17. The highest BCUT2D eigenvalue weighted by Gasteiger charge is 2.11. The Bertz CT molecular complexity index is 751. The fraction of sp³-hybridized carbons (Fsp3) is 0.235. The second-order valence-corrected chi connectivity index (χ2v) is 6.04. The predicted molar refractivity (Wildman–Crippen MR) is 98.0 cm³/mol. The molecular formula is C17H19Cl2N3O2. The van der Waals surface area contributed by atoms with Crippen LogP contribution in [0.15, 0.2) is 41.4 Å². The van der Waals surface area contributed by atoms with E-state index in [1.165, 1.54) is 7.11 Å². The minimum atomic E-state index is -0.141. The van der Waals surface area contributed by atoms with Gasteiger partial charge in [0.25, 0.3) is 0 Å². The summed E-state index contributed by atoms with van der Waals surface area (Å²) in [5.41, 5.74) is 7.40. The zero-order chi connectivity index (χ0) is 17.7. The van der Waals surface area contributed by atoms with Crippen molar-refractivity contribution in [2.75, 3.05) is 7.11 Å². The number of phenolic OH excluding ortho intramolecular Hbond substituents is 1. The lowest BCUT2D eigenvalue weighted by molar-refractivity contribution is 0.370. The smallest absolute Gasteiger partial charge is 0.189 e. The average Bonchev–Trinajstić information content (AvgIpc) is 2.53. The minimum absolute atomic E-state index is 0.0605. The Morgan fingerprint density at radius 2 is 2.08 bits per heavy atom. The van der Waals surface area contributed by atoms with E-state index in [2.05, 4.69) is 10.3 Å². The van der Waals surface area contributed by atoms with Gasteiger partial charge >= 0.3 is 0 Å². The summed E-state index contributed by atoms with van der Waals surface area (Å²) in [6.45, 7) is 2.14. The van der Waals surface area contributed by atoms with Crippen LogP contribution < -0.4 is 15.8 Å². The highest BCUT2D eigenvalue weighted by Crippen LogP contribution is 2.30. The molecule has 0 heterocycles. The first-order chi connectivity index (χ1) is 11.4. The van der Waals surface area contributed by atoms with Crippen molar-refractivity contribution >= 4 is 29.2 Å². The molecule has 0 aliphatic rings. The number of aromatic hydroxyl groups is 1.